The monoisotopic (exact) mass is 569 g/mol. The number of methoxy groups -OCH3 is 1. The molecule has 0 unspecified atom stereocenters. The number of hydrogen-bond donors (Lipinski definition) is 0. The van der Waals surface area contributed by atoms with Crippen molar-refractivity contribution in [2.75, 3.05) is 13.7 Å². The Morgan fingerprint density at radius 1 is 1.06 bits per heavy atom. The van der Waals surface area contributed by atoms with Crippen LogP contribution in [0.2, 0.25) is 0 Å². The Morgan fingerprint density at radius 2 is 1.72 bits per heavy atom. The van der Waals surface area contributed by atoms with E-state index in [0.717, 1.165) is 29.3 Å². The Kier molecular flexibility index (Phi) is 8.63. The molecule has 1 aromatic carbocycles. The van der Waals surface area contributed by atoms with E-state index in [9.17, 15) is 24.0 Å². The second-order valence-electron chi connectivity index (χ2n) is 7.78. The zero-order valence-corrected chi connectivity index (χ0v) is 21.4. The standard InChI is InChI=1S/C22H24BrN3O10/c1-11(27)33-10-17-19(34-12(2)28)20(35-13(3)29)21(36-17)26-22(31)25(18(30)8-24-26)9-14-5-6-16(32-4)15(23)7-14/h5-8,17,19-21H,9-10H2,1-4H3/t17-,19-,20+,21+/m1/s1. The van der Waals surface area contributed by atoms with E-state index in [1.54, 1.807) is 18.2 Å². The molecule has 1 aliphatic heterocycles. The van der Waals surface area contributed by atoms with E-state index in [2.05, 4.69) is 21.0 Å². The molecule has 0 spiro atoms. The normalized spacial score (nSPS) is 21.0. The summed E-state index contributed by atoms with van der Waals surface area (Å²) in [5, 5.41) is 3.88. The number of nitrogens with zero attached hydrogens (tertiary/aromatic N) is 3. The molecule has 14 heteroatoms. The van der Waals surface area contributed by atoms with Crippen molar-refractivity contribution in [3.8, 4) is 5.75 Å². The van der Waals surface area contributed by atoms with Crippen molar-refractivity contribution in [3.63, 3.8) is 0 Å². The van der Waals surface area contributed by atoms with Gasteiger partial charge in [-0.3, -0.25) is 23.7 Å². The summed E-state index contributed by atoms with van der Waals surface area (Å²) in [5.74, 6) is -1.52. The third kappa shape index (κ3) is 6.18. The highest BCUT2D eigenvalue weighted by atomic mass is 79.9. The quantitative estimate of drug-likeness (QED) is 0.323. The van der Waals surface area contributed by atoms with Crippen LogP contribution in [0.15, 0.2) is 38.5 Å². The molecule has 13 nitrogen and oxygen atoms in total. The van der Waals surface area contributed by atoms with Gasteiger partial charge in [0, 0.05) is 20.8 Å². The van der Waals surface area contributed by atoms with Gasteiger partial charge in [0.25, 0.3) is 5.56 Å². The maximum Gasteiger partial charge on any atom is 0.350 e. The van der Waals surface area contributed by atoms with Crippen LogP contribution in [0.3, 0.4) is 0 Å². The van der Waals surface area contributed by atoms with Crippen molar-refractivity contribution in [2.45, 2.75) is 51.9 Å². The number of benzene rings is 1. The predicted molar refractivity (Wildman–Crippen MR) is 124 cm³/mol. The van der Waals surface area contributed by atoms with Crippen LogP contribution < -0.4 is 16.0 Å². The topological polar surface area (TPSA) is 154 Å². The van der Waals surface area contributed by atoms with Gasteiger partial charge in [0.15, 0.2) is 18.4 Å². The van der Waals surface area contributed by atoms with E-state index in [-0.39, 0.29) is 13.2 Å². The van der Waals surface area contributed by atoms with Crippen LogP contribution in [0.4, 0.5) is 0 Å². The molecule has 194 valence electrons. The fraction of sp³-hybridized carbons (Fsp3) is 0.455. The lowest BCUT2D eigenvalue weighted by atomic mass is 10.1. The van der Waals surface area contributed by atoms with Crippen molar-refractivity contribution < 1.29 is 38.1 Å². The van der Waals surface area contributed by atoms with Crippen LogP contribution in [0.5, 0.6) is 5.75 Å². The zero-order valence-electron chi connectivity index (χ0n) is 19.8. The van der Waals surface area contributed by atoms with E-state index in [1.807, 2.05) is 0 Å². The molecule has 1 aromatic heterocycles. The molecule has 2 heterocycles. The van der Waals surface area contributed by atoms with Gasteiger partial charge in [-0.2, -0.15) is 9.78 Å². The maximum atomic E-state index is 13.3. The average Bonchev–Trinajstić information content (AvgIpc) is 3.11. The molecule has 0 bridgehead atoms. The Labute approximate surface area is 213 Å². The Morgan fingerprint density at radius 3 is 2.31 bits per heavy atom. The molecule has 4 atom stereocenters. The highest BCUT2D eigenvalue weighted by Crippen LogP contribution is 2.33. The molecule has 0 N–H and O–H groups in total. The number of esters is 3. The lowest BCUT2D eigenvalue weighted by Gasteiger charge is -2.23. The molecule has 1 aliphatic rings. The van der Waals surface area contributed by atoms with E-state index < -0.39 is 53.7 Å². The summed E-state index contributed by atoms with van der Waals surface area (Å²) in [6.45, 7) is 2.97. The first-order valence-electron chi connectivity index (χ1n) is 10.7. The summed E-state index contributed by atoms with van der Waals surface area (Å²) in [6.07, 6.45) is -4.10. The van der Waals surface area contributed by atoms with Gasteiger partial charge >= 0.3 is 23.6 Å². The fourth-order valence-electron chi connectivity index (χ4n) is 3.65. The summed E-state index contributed by atoms with van der Waals surface area (Å²) >= 11 is 3.36. The van der Waals surface area contributed by atoms with Gasteiger partial charge in [-0.15, -0.1) is 0 Å². The average molecular weight is 570 g/mol. The molecule has 3 rings (SSSR count). The van der Waals surface area contributed by atoms with Gasteiger partial charge in [0.2, 0.25) is 0 Å². The minimum absolute atomic E-state index is 0.113. The zero-order chi connectivity index (χ0) is 26.6. The number of rotatable bonds is 8. The van der Waals surface area contributed by atoms with Crippen molar-refractivity contribution >= 4 is 33.8 Å². The second-order valence-corrected chi connectivity index (χ2v) is 8.64. The summed E-state index contributed by atoms with van der Waals surface area (Å²) in [5.41, 5.74) is -0.946. The molecule has 0 amide bonds. The van der Waals surface area contributed by atoms with Crippen molar-refractivity contribution in [2.24, 2.45) is 0 Å². The number of ether oxygens (including phenoxy) is 5. The van der Waals surface area contributed by atoms with Crippen LogP contribution in [0, 0.1) is 0 Å². The Hall–Kier alpha value is -3.52. The first-order chi connectivity index (χ1) is 17.0. The van der Waals surface area contributed by atoms with Crippen LogP contribution in [0.25, 0.3) is 0 Å². The fourth-order valence-corrected chi connectivity index (χ4v) is 4.24. The lowest BCUT2D eigenvalue weighted by molar-refractivity contribution is -0.166. The number of halogens is 1. The van der Waals surface area contributed by atoms with Crippen LogP contribution >= 0.6 is 15.9 Å². The number of carbonyl (C=O) groups excluding carboxylic acids is 3. The van der Waals surface area contributed by atoms with E-state index in [0.29, 0.717) is 15.8 Å². The second kappa shape index (κ2) is 11.5. The minimum Gasteiger partial charge on any atom is -0.496 e. The number of carbonyl (C=O) groups is 3. The Balaban J connectivity index is 2.02. The van der Waals surface area contributed by atoms with Gasteiger partial charge in [0.1, 0.15) is 24.7 Å². The summed E-state index contributed by atoms with van der Waals surface area (Å²) < 4.78 is 29.0. The first kappa shape index (κ1) is 27.1. The molecular formula is C22H24BrN3O10. The molecule has 2 aromatic rings. The van der Waals surface area contributed by atoms with Crippen molar-refractivity contribution in [1.29, 1.82) is 0 Å². The lowest BCUT2D eigenvalue weighted by Crippen LogP contribution is -2.46. The summed E-state index contributed by atoms with van der Waals surface area (Å²) in [7, 11) is 1.50. The summed E-state index contributed by atoms with van der Waals surface area (Å²) in [4.78, 5) is 60.8. The number of hydrogen-bond acceptors (Lipinski definition) is 11. The molecule has 0 saturated carbocycles. The molecule has 0 radical (unpaired) electrons. The van der Waals surface area contributed by atoms with Crippen molar-refractivity contribution in [3.05, 3.63) is 55.3 Å². The summed E-state index contributed by atoms with van der Waals surface area (Å²) in [6, 6.07) is 5.04. The largest absolute Gasteiger partial charge is 0.496 e. The smallest absolute Gasteiger partial charge is 0.350 e. The van der Waals surface area contributed by atoms with Crippen LogP contribution in [-0.4, -0.2) is 64.3 Å². The molecule has 1 saturated heterocycles. The Bertz CT molecular complexity index is 1270. The molecule has 1 fully saturated rings. The van der Waals surface area contributed by atoms with E-state index >= 15 is 0 Å². The van der Waals surface area contributed by atoms with Gasteiger partial charge in [-0.05, 0) is 33.6 Å². The minimum atomic E-state index is -1.39. The van der Waals surface area contributed by atoms with Gasteiger partial charge in [-0.1, -0.05) is 6.07 Å². The molecular weight excluding hydrogens is 546 g/mol. The van der Waals surface area contributed by atoms with Crippen molar-refractivity contribution in [1.82, 2.24) is 14.3 Å². The van der Waals surface area contributed by atoms with Crippen LogP contribution in [-0.2, 0) is 39.9 Å². The maximum absolute atomic E-state index is 13.3. The third-order valence-electron chi connectivity index (χ3n) is 5.12. The number of aromatic nitrogens is 3. The predicted octanol–water partition coefficient (Wildman–Crippen LogP) is 0.548. The van der Waals surface area contributed by atoms with E-state index in [4.69, 9.17) is 23.7 Å². The highest BCUT2D eigenvalue weighted by Gasteiger charge is 2.51. The van der Waals surface area contributed by atoms with Crippen LogP contribution in [0.1, 0.15) is 32.6 Å². The molecule has 36 heavy (non-hydrogen) atoms. The molecule has 0 aliphatic carbocycles. The van der Waals surface area contributed by atoms with Gasteiger partial charge in [-0.25, -0.2) is 4.79 Å². The van der Waals surface area contributed by atoms with Gasteiger partial charge in [0.05, 0.1) is 18.1 Å². The van der Waals surface area contributed by atoms with Gasteiger partial charge < -0.3 is 23.7 Å². The van der Waals surface area contributed by atoms with E-state index in [1.165, 1.54) is 14.0 Å². The highest BCUT2D eigenvalue weighted by molar-refractivity contribution is 9.10. The third-order valence-corrected chi connectivity index (χ3v) is 5.74. The first-order valence-corrected chi connectivity index (χ1v) is 11.5. The SMILES string of the molecule is COc1ccc(Cn2c(=O)cnn([C@H]3O[C@H](COC(C)=O)[C@@H](OC(C)=O)[C@@H]3OC(C)=O)c2=O)cc1Br.